The molecule has 0 atom stereocenters. The Kier molecular flexibility index (Phi) is 3.96. The summed E-state index contributed by atoms with van der Waals surface area (Å²) in [4.78, 5) is 17.5. The predicted molar refractivity (Wildman–Crippen MR) is 88.7 cm³/mol. The topological polar surface area (TPSA) is 80.9 Å². The van der Waals surface area contributed by atoms with Gasteiger partial charge in [-0.2, -0.15) is 0 Å². The van der Waals surface area contributed by atoms with Crippen LogP contribution in [0.1, 0.15) is 32.2 Å². The minimum atomic E-state index is -0.265. The SMILES string of the molecule is Cc1ccc(C)c(C(=O)Nc2nnc(-c3sc(C)nc3C)o2)c1. The number of carbonyl (C=O) groups excluding carboxylic acids is 1. The third-order valence-electron chi connectivity index (χ3n) is 3.38. The van der Waals surface area contributed by atoms with Gasteiger partial charge in [0, 0.05) is 5.56 Å². The maximum Gasteiger partial charge on any atom is 0.322 e. The van der Waals surface area contributed by atoms with Gasteiger partial charge < -0.3 is 4.42 Å². The van der Waals surface area contributed by atoms with Crippen molar-refractivity contribution >= 4 is 23.3 Å². The average molecular weight is 328 g/mol. The van der Waals surface area contributed by atoms with E-state index >= 15 is 0 Å². The fourth-order valence-corrected chi connectivity index (χ4v) is 3.08. The van der Waals surface area contributed by atoms with E-state index in [9.17, 15) is 4.79 Å². The highest BCUT2D eigenvalue weighted by molar-refractivity contribution is 7.15. The van der Waals surface area contributed by atoms with E-state index in [0.717, 1.165) is 26.7 Å². The molecule has 0 fully saturated rings. The van der Waals surface area contributed by atoms with Crippen molar-refractivity contribution < 1.29 is 9.21 Å². The second-order valence-electron chi connectivity index (χ2n) is 5.33. The Morgan fingerprint density at radius 3 is 2.65 bits per heavy atom. The zero-order valence-electron chi connectivity index (χ0n) is 13.3. The zero-order valence-corrected chi connectivity index (χ0v) is 14.1. The minimum absolute atomic E-state index is 0.0800. The molecule has 2 heterocycles. The summed E-state index contributed by atoms with van der Waals surface area (Å²) in [5.74, 6) is 0.1000. The molecular weight excluding hydrogens is 312 g/mol. The third-order valence-corrected chi connectivity index (χ3v) is 4.44. The summed E-state index contributed by atoms with van der Waals surface area (Å²) in [6.07, 6.45) is 0. The Morgan fingerprint density at radius 1 is 1.17 bits per heavy atom. The summed E-state index contributed by atoms with van der Waals surface area (Å²) < 4.78 is 5.54. The van der Waals surface area contributed by atoms with Crippen molar-refractivity contribution in [2.45, 2.75) is 27.7 Å². The molecule has 6 nitrogen and oxygen atoms in total. The first-order valence-corrected chi connectivity index (χ1v) is 7.92. The largest absolute Gasteiger partial charge is 0.402 e. The lowest BCUT2D eigenvalue weighted by atomic mass is 10.1. The lowest BCUT2D eigenvalue weighted by Crippen LogP contribution is -2.13. The Bertz CT molecular complexity index is 882. The summed E-state index contributed by atoms with van der Waals surface area (Å²) in [5, 5.41) is 11.5. The molecule has 7 heteroatoms. The molecule has 3 rings (SSSR count). The molecule has 3 aromatic rings. The van der Waals surface area contributed by atoms with Crippen LogP contribution >= 0.6 is 11.3 Å². The number of nitrogens with zero attached hydrogens (tertiary/aromatic N) is 3. The molecule has 0 aliphatic carbocycles. The van der Waals surface area contributed by atoms with E-state index in [-0.39, 0.29) is 11.9 Å². The van der Waals surface area contributed by atoms with Crippen molar-refractivity contribution in [3.8, 4) is 10.8 Å². The fourth-order valence-electron chi connectivity index (χ4n) is 2.24. The van der Waals surface area contributed by atoms with Crippen molar-refractivity contribution in [3.63, 3.8) is 0 Å². The molecular formula is C16H16N4O2S. The van der Waals surface area contributed by atoms with Crippen LogP contribution in [0.3, 0.4) is 0 Å². The smallest absolute Gasteiger partial charge is 0.322 e. The minimum Gasteiger partial charge on any atom is -0.402 e. The molecule has 0 unspecified atom stereocenters. The number of thiazole rings is 1. The van der Waals surface area contributed by atoms with Crippen molar-refractivity contribution in [3.05, 3.63) is 45.6 Å². The monoisotopic (exact) mass is 328 g/mol. The molecule has 23 heavy (non-hydrogen) atoms. The predicted octanol–water partition coefficient (Wildman–Crippen LogP) is 3.68. The molecule has 1 N–H and O–H groups in total. The molecule has 0 saturated carbocycles. The lowest BCUT2D eigenvalue weighted by molar-refractivity contribution is 0.102. The molecule has 0 radical (unpaired) electrons. The molecule has 0 bridgehead atoms. The van der Waals surface area contributed by atoms with Gasteiger partial charge in [-0.15, -0.1) is 16.4 Å². The quantitative estimate of drug-likeness (QED) is 0.793. The van der Waals surface area contributed by atoms with Crippen molar-refractivity contribution in [2.75, 3.05) is 5.32 Å². The summed E-state index contributed by atoms with van der Waals surface area (Å²) in [5.41, 5.74) is 3.34. The van der Waals surface area contributed by atoms with Crippen LogP contribution in [0.25, 0.3) is 10.8 Å². The van der Waals surface area contributed by atoms with Crippen LogP contribution in [0, 0.1) is 27.7 Å². The highest BCUT2D eigenvalue weighted by atomic mass is 32.1. The number of amides is 1. The van der Waals surface area contributed by atoms with Gasteiger partial charge in [0.15, 0.2) is 0 Å². The van der Waals surface area contributed by atoms with E-state index in [4.69, 9.17) is 4.42 Å². The first-order chi connectivity index (χ1) is 10.9. The average Bonchev–Trinajstić information content (AvgIpc) is 3.07. The van der Waals surface area contributed by atoms with Crippen molar-refractivity contribution in [1.82, 2.24) is 15.2 Å². The van der Waals surface area contributed by atoms with Gasteiger partial charge in [0.05, 0.1) is 10.7 Å². The second-order valence-corrected chi connectivity index (χ2v) is 6.54. The van der Waals surface area contributed by atoms with Gasteiger partial charge in [-0.25, -0.2) is 4.98 Å². The highest BCUT2D eigenvalue weighted by Gasteiger charge is 2.17. The van der Waals surface area contributed by atoms with Crippen LogP contribution in [0.2, 0.25) is 0 Å². The van der Waals surface area contributed by atoms with Gasteiger partial charge in [-0.3, -0.25) is 10.1 Å². The fraction of sp³-hybridized carbons (Fsp3) is 0.250. The number of benzene rings is 1. The number of aromatic nitrogens is 3. The number of hydrogen-bond donors (Lipinski definition) is 1. The Hall–Kier alpha value is -2.54. The van der Waals surface area contributed by atoms with Gasteiger partial charge in [0.1, 0.15) is 4.88 Å². The Morgan fingerprint density at radius 2 is 1.96 bits per heavy atom. The number of nitrogens with one attached hydrogen (secondary N) is 1. The van der Waals surface area contributed by atoms with E-state index in [1.54, 1.807) is 0 Å². The zero-order chi connectivity index (χ0) is 16.6. The number of anilines is 1. The number of hydrogen-bond acceptors (Lipinski definition) is 6. The standard InChI is InChI=1S/C16H16N4O2S/c1-8-5-6-9(2)12(7-8)14(21)18-16-20-19-15(22-16)13-10(3)17-11(4)23-13/h5-7H,1-4H3,(H,18,20,21). The molecule has 0 saturated heterocycles. The molecule has 0 aliphatic heterocycles. The van der Waals surface area contributed by atoms with E-state index in [2.05, 4.69) is 20.5 Å². The summed E-state index contributed by atoms with van der Waals surface area (Å²) in [6.45, 7) is 7.63. The normalized spacial score (nSPS) is 10.8. The highest BCUT2D eigenvalue weighted by Crippen LogP contribution is 2.29. The van der Waals surface area contributed by atoms with Gasteiger partial charge >= 0.3 is 6.01 Å². The van der Waals surface area contributed by atoms with E-state index < -0.39 is 0 Å². The molecule has 1 amide bonds. The summed E-state index contributed by atoms with van der Waals surface area (Å²) in [6, 6.07) is 5.79. The number of aryl methyl sites for hydroxylation is 4. The van der Waals surface area contributed by atoms with E-state index in [1.165, 1.54) is 11.3 Å². The second kappa shape index (κ2) is 5.92. The first kappa shape index (κ1) is 15.4. The number of rotatable bonds is 3. The summed E-state index contributed by atoms with van der Waals surface area (Å²) >= 11 is 1.48. The molecule has 118 valence electrons. The number of carbonyl (C=O) groups is 1. The Balaban J connectivity index is 1.83. The van der Waals surface area contributed by atoms with Crippen LogP contribution in [0.5, 0.6) is 0 Å². The Labute approximate surface area is 137 Å². The lowest BCUT2D eigenvalue weighted by Gasteiger charge is -2.05. The van der Waals surface area contributed by atoms with Gasteiger partial charge in [-0.05, 0) is 39.3 Å². The van der Waals surface area contributed by atoms with Crippen LogP contribution in [0.15, 0.2) is 22.6 Å². The third kappa shape index (κ3) is 3.14. The molecule has 2 aromatic heterocycles. The van der Waals surface area contributed by atoms with Gasteiger partial charge in [-0.1, -0.05) is 22.8 Å². The molecule has 0 spiro atoms. The summed E-state index contributed by atoms with van der Waals surface area (Å²) in [7, 11) is 0. The van der Waals surface area contributed by atoms with Crippen LogP contribution < -0.4 is 5.32 Å². The maximum absolute atomic E-state index is 12.4. The van der Waals surface area contributed by atoms with Crippen LogP contribution in [0.4, 0.5) is 6.01 Å². The van der Waals surface area contributed by atoms with Crippen molar-refractivity contribution in [1.29, 1.82) is 0 Å². The molecule has 0 aliphatic rings. The maximum atomic E-state index is 12.4. The van der Waals surface area contributed by atoms with Gasteiger partial charge in [0.25, 0.3) is 11.8 Å². The van der Waals surface area contributed by atoms with Crippen molar-refractivity contribution in [2.24, 2.45) is 0 Å². The van der Waals surface area contributed by atoms with Crippen LogP contribution in [-0.2, 0) is 0 Å². The van der Waals surface area contributed by atoms with Crippen LogP contribution in [-0.4, -0.2) is 21.1 Å². The molecule has 1 aromatic carbocycles. The first-order valence-electron chi connectivity index (χ1n) is 7.10. The van der Waals surface area contributed by atoms with E-state index in [1.807, 2.05) is 45.9 Å². The van der Waals surface area contributed by atoms with E-state index in [0.29, 0.717) is 11.5 Å². The van der Waals surface area contributed by atoms with Gasteiger partial charge in [0.2, 0.25) is 0 Å².